The monoisotopic (exact) mass is 261 g/mol. The van der Waals surface area contributed by atoms with E-state index in [1.807, 2.05) is 0 Å². The lowest BCUT2D eigenvalue weighted by atomic mass is 10.3. The number of rotatable bonds is 9. The fourth-order valence-electron chi connectivity index (χ4n) is 1.20. The molecule has 0 unspecified atom stereocenters. The Labute approximate surface area is 108 Å². The molecule has 0 aliphatic carbocycles. The lowest BCUT2D eigenvalue weighted by molar-refractivity contribution is -0.141. The molecular weight excluding hydrogens is 238 g/mol. The van der Waals surface area contributed by atoms with Crippen molar-refractivity contribution >= 4 is 23.6 Å². The van der Waals surface area contributed by atoms with Crippen LogP contribution in [0.3, 0.4) is 0 Å². The van der Waals surface area contributed by atoms with Gasteiger partial charge in [0.2, 0.25) is 5.91 Å². The predicted molar refractivity (Wildman–Crippen MR) is 71.1 cm³/mol. The summed E-state index contributed by atoms with van der Waals surface area (Å²) < 4.78 is 4.54. The highest BCUT2D eigenvalue weighted by Gasteiger charge is 2.09. The van der Waals surface area contributed by atoms with Gasteiger partial charge in [0.05, 0.1) is 12.9 Å². The number of hydrogen-bond donors (Lipinski definition) is 0. The van der Waals surface area contributed by atoms with Gasteiger partial charge in [0.1, 0.15) is 0 Å². The van der Waals surface area contributed by atoms with E-state index in [4.69, 9.17) is 0 Å². The Balaban J connectivity index is 3.56. The van der Waals surface area contributed by atoms with Crippen LogP contribution in [-0.4, -0.2) is 49.0 Å². The topological polar surface area (TPSA) is 46.6 Å². The van der Waals surface area contributed by atoms with Crippen molar-refractivity contribution in [3.8, 4) is 0 Å². The second-order valence-corrected chi connectivity index (χ2v) is 5.01. The van der Waals surface area contributed by atoms with Crippen molar-refractivity contribution in [3.05, 3.63) is 0 Å². The lowest BCUT2D eigenvalue weighted by Gasteiger charge is -2.16. The molecule has 5 heteroatoms. The average molecular weight is 261 g/mol. The average Bonchev–Trinajstić information content (AvgIpc) is 2.33. The Kier molecular flexibility index (Phi) is 10.0. The largest absolute Gasteiger partial charge is 0.469 e. The normalized spacial score (nSPS) is 10.1. The van der Waals surface area contributed by atoms with Gasteiger partial charge in [-0.25, -0.2) is 0 Å². The number of carbonyl (C=O) groups is 2. The van der Waals surface area contributed by atoms with Crippen molar-refractivity contribution in [2.24, 2.45) is 0 Å². The van der Waals surface area contributed by atoms with Crippen LogP contribution in [0.2, 0.25) is 0 Å². The molecule has 0 aliphatic heterocycles. The molecule has 0 saturated heterocycles. The van der Waals surface area contributed by atoms with Crippen molar-refractivity contribution in [1.29, 1.82) is 0 Å². The molecule has 4 nitrogen and oxygen atoms in total. The first-order valence-electron chi connectivity index (χ1n) is 6.00. The molecule has 0 spiro atoms. The van der Waals surface area contributed by atoms with Gasteiger partial charge in [-0.15, -0.1) is 0 Å². The summed E-state index contributed by atoms with van der Waals surface area (Å²) >= 11 is 1.68. The highest BCUT2D eigenvalue weighted by atomic mass is 32.2. The van der Waals surface area contributed by atoms with Gasteiger partial charge < -0.3 is 9.64 Å². The molecule has 0 aromatic carbocycles. The summed E-state index contributed by atoms with van der Waals surface area (Å²) in [4.78, 5) is 24.2. The molecule has 17 heavy (non-hydrogen) atoms. The minimum atomic E-state index is -0.219. The smallest absolute Gasteiger partial charge is 0.305 e. The van der Waals surface area contributed by atoms with E-state index in [9.17, 15) is 9.59 Å². The van der Waals surface area contributed by atoms with Gasteiger partial charge in [-0.1, -0.05) is 13.3 Å². The van der Waals surface area contributed by atoms with Crippen LogP contribution in [0.4, 0.5) is 0 Å². The highest BCUT2D eigenvalue weighted by Crippen LogP contribution is 2.06. The van der Waals surface area contributed by atoms with Gasteiger partial charge >= 0.3 is 5.97 Å². The summed E-state index contributed by atoms with van der Waals surface area (Å²) in [6.07, 6.45) is 3.35. The van der Waals surface area contributed by atoms with Crippen molar-refractivity contribution in [3.63, 3.8) is 0 Å². The zero-order valence-corrected chi connectivity index (χ0v) is 11.8. The summed E-state index contributed by atoms with van der Waals surface area (Å²) in [5.74, 6) is 1.49. The number of methoxy groups -OCH3 is 1. The third-order valence-electron chi connectivity index (χ3n) is 2.40. The first-order chi connectivity index (χ1) is 8.11. The number of unbranched alkanes of at least 4 members (excludes halogenated alkanes) is 1. The van der Waals surface area contributed by atoms with Gasteiger partial charge in [0, 0.05) is 20.0 Å². The molecule has 1 amide bonds. The van der Waals surface area contributed by atoms with Gasteiger partial charge in [-0.05, 0) is 18.6 Å². The van der Waals surface area contributed by atoms with Crippen LogP contribution in [0.1, 0.15) is 32.6 Å². The van der Waals surface area contributed by atoms with Crippen molar-refractivity contribution < 1.29 is 14.3 Å². The van der Waals surface area contributed by atoms with Gasteiger partial charge in [-0.2, -0.15) is 11.8 Å². The molecule has 0 fully saturated rings. The molecule has 0 aromatic rings. The van der Waals surface area contributed by atoms with Crippen LogP contribution in [0.15, 0.2) is 0 Å². The first kappa shape index (κ1) is 16.3. The molecule has 0 heterocycles. The molecule has 0 saturated carbocycles. The third-order valence-corrected chi connectivity index (χ3v) is 3.42. The number of nitrogens with zero attached hydrogens (tertiary/aromatic N) is 1. The summed E-state index contributed by atoms with van der Waals surface area (Å²) in [5.41, 5.74) is 0. The molecule has 0 atom stereocenters. The van der Waals surface area contributed by atoms with Crippen LogP contribution >= 0.6 is 11.8 Å². The number of hydrogen-bond acceptors (Lipinski definition) is 4. The second kappa shape index (κ2) is 10.4. The summed E-state index contributed by atoms with van der Waals surface area (Å²) in [6.45, 7) is 2.75. The zero-order valence-electron chi connectivity index (χ0n) is 11.0. The van der Waals surface area contributed by atoms with Gasteiger partial charge in [0.25, 0.3) is 0 Å². The van der Waals surface area contributed by atoms with E-state index in [1.54, 1.807) is 23.7 Å². The quantitative estimate of drug-likeness (QED) is 0.470. The number of carbonyl (C=O) groups excluding carboxylic acids is 2. The predicted octanol–water partition coefficient (Wildman–Crippen LogP) is 1.93. The number of amides is 1. The Bertz CT molecular complexity index is 234. The lowest BCUT2D eigenvalue weighted by Crippen LogP contribution is -2.29. The molecule has 0 radical (unpaired) electrons. The van der Waals surface area contributed by atoms with E-state index in [2.05, 4.69) is 11.7 Å². The van der Waals surface area contributed by atoms with E-state index < -0.39 is 0 Å². The number of ether oxygens (including phenoxy) is 1. The Morgan fingerprint density at radius 1 is 1.29 bits per heavy atom. The Morgan fingerprint density at radius 2 is 2.00 bits per heavy atom. The SMILES string of the molecule is CCCCSCC(=O)N(C)CCCC(=O)OC. The molecular formula is C12H23NO3S. The molecule has 0 bridgehead atoms. The molecule has 0 rings (SSSR count). The van der Waals surface area contributed by atoms with Gasteiger partial charge in [-0.3, -0.25) is 9.59 Å². The first-order valence-corrected chi connectivity index (χ1v) is 7.15. The van der Waals surface area contributed by atoms with E-state index in [0.717, 1.165) is 18.6 Å². The zero-order chi connectivity index (χ0) is 13.1. The van der Waals surface area contributed by atoms with Crippen molar-refractivity contribution in [2.75, 3.05) is 32.2 Å². The van der Waals surface area contributed by atoms with E-state index in [-0.39, 0.29) is 11.9 Å². The maximum atomic E-state index is 11.6. The standard InChI is InChI=1S/C12H23NO3S/c1-4-5-9-17-10-11(14)13(2)8-6-7-12(15)16-3/h4-10H2,1-3H3. The molecule has 0 N–H and O–H groups in total. The Hall–Kier alpha value is -0.710. The molecule has 0 aromatic heterocycles. The maximum absolute atomic E-state index is 11.6. The summed E-state index contributed by atoms with van der Waals surface area (Å²) in [6, 6.07) is 0. The minimum Gasteiger partial charge on any atom is -0.469 e. The number of esters is 1. The van der Waals surface area contributed by atoms with Crippen LogP contribution in [0.5, 0.6) is 0 Å². The molecule has 100 valence electrons. The maximum Gasteiger partial charge on any atom is 0.305 e. The van der Waals surface area contributed by atoms with Crippen LogP contribution in [-0.2, 0) is 14.3 Å². The summed E-state index contributed by atoms with van der Waals surface area (Å²) in [7, 11) is 3.15. The molecule has 0 aliphatic rings. The van der Waals surface area contributed by atoms with E-state index >= 15 is 0 Å². The van der Waals surface area contributed by atoms with Gasteiger partial charge in [0.15, 0.2) is 0 Å². The van der Waals surface area contributed by atoms with Crippen molar-refractivity contribution in [2.45, 2.75) is 32.6 Å². The second-order valence-electron chi connectivity index (χ2n) is 3.90. The summed E-state index contributed by atoms with van der Waals surface area (Å²) in [5, 5.41) is 0. The minimum absolute atomic E-state index is 0.135. The van der Waals surface area contributed by atoms with Crippen LogP contribution in [0, 0.1) is 0 Å². The van der Waals surface area contributed by atoms with Crippen molar-refractivity contribution in [1.82, 2.24) is 4.90 Å². The Morgan fingerprint density at radius 3 is 2.59 bits per heavy atom. The fraction of sp³-hybridized carbons (Fsp3) is 0.833. The van der Waals surface area contributed by atoms with E-state index in [1.165, 1.54) is 7.11 Å². The van der Waals surface area contributed by atoms with Crippen LogP contribution in [0.25, 0.3) is 0 Å². The third kappa shape index (κ3) is 9.03. The number of thioether (sulfide) groups is 1. The van der Waals surface area contributed by atoms with Crippen LogP contribution < -0.4 is 0 Å². The fourth-order valence-corrected chi connectivity index (χ4v) is 2.24. The van der Waals surface area contributed by atoms with E-state index in [0.29, 0.717) is 25.1 Å². The highest BCUT2D eigenvalue weighted by molar-refractivity contribution is 7.99.